The van der Waals surface area contributed by atoms with Crippen LogP contribution < -0.4 is 5.32 Å². The smallest absolute Gasteiger partial charge is 0.261 e. The number of unbranched alkanes of at least 4 members (excludes halogenated alkanes) is 1. The number of hydrogen-bond acceptors (Lipinski definition) is 5. The lowest BCUT2D eigenvalue weighted by Gasteiger charge is -2.36. The summed E-state index contributed by atoms with van der Waals surface area (Å²) in [5.74, 6) is -0.329. The van der Waals surface area contributed by atoms with Crippen LogP contribution in [0.15, 0.2) is 66.7 Å². The molecule has 0 atom stereocenters. The second kappa shape index (κ2) is 11.0. The summed E-state index contributed by atoms with van der Waals surface area (Å²) in [5, 5.41) is 4.64. The van der Waals surface area contributed by atoms with Crippen LogP contribution in [0.1, 0.15) is 40.0 Å². The first kappa shape index (κ1) is 24.2. The minimum absolute atomic E-state index is 0.0617. The predicted octanol–water partition coefficient (Wildman–Crippen LogP) is 3.86. The van der Waals surface area contributed by atoms with Crippen LogP contribution in [0.4, 0.5) is 5.69 Å². The van der Waals surface area contributed by atoms with Crippen LogP contribution >= 0.6 is 0 Å². The van der Waals surface area contributed by atoms with E-state index in [-0.39, 0.29) is 17.7 Å². The van der Waals surface area contributed by atoms with Crippen molar-refractivity contribution < 1.29 is 14.4 Å². The molecule has 186 valence electrons. The molecule has 3 amide bonds. The lowest BCUT2D eigenvalue weighted by Crippen LogP contribution is -2.50. The SMILES string of the molecule is O=C(CCCCN1CCN(CCN2C(=O)c3cccc4cccc(c34)C2=O)CC1)Nc1ccccc1. The summed E-state index contributed by atoms with van der Waals surface area (Å²) in [4.78, 5) is 44.4. The van der Waals surface area contributed by atoms with Gasteiger partial charge in [0.25, 0.3) is 11.8 Å². The maximum atomic E-state index is 13.1. The zero-order valence-electron chi connectivity index (χ0n) is 20.5. The summed E-state index contributed by atoms with van der Waals surface area (Å²) in [6, 6.07) is 20.8. The second-order valence-corrected chi connectivity index (χ2v) is 9.53. The van der Waals surface area contributed by atoms with E-state index in [4.69, 9.17) is 0 Å². The average molecular weight is 485 g/mol. The Bertz CT molecular complexity index is 1200. The first-order chi connectivity index (χ1) is 17.6. The third kappa shape index (κ3) is 5.32. The molecule has 36 heavy (non-hydrogen) atoms. The molecule has 1 saturated heterocycles. The molecule has 3 aromatic rings. The molecule has 2 heterocycles. The number of hydrogen-bond donors (Lipinski definition) is 1. The minimum Gasteiger partial charge on any atom is -0.326 e. The van der Waals surface area contributed by atoms with Crippen molar-refractivity contribution in [2.45, 2.75) is 19.3 Å². The van der Waals surface area contributed by atoms with E-state index in [1.807, 2.05) is 66.7 Å². The van der Waals surface area contributed by atoms with Crippen LogP contribution in [0.25, 0.3) is 10.8 Å². The highest BCUT2D eigenvalue weighted by Gasteiger charge is 2.32. The third-order valence-corrected chi connectivity index (χ3v) is 7.15. The van der Waals surface area contributed by atoms with Crippen molar-refractivity contribution in [2.75, 3.05) is 51.1 Å². The Hall–Kier alpha value is -3.55. The van der Waals surface area contributed by atoms with Crippen LogP contribution in [0.3, 0.4) is 0 Å². The van der Waals surface area contributed by atoms with Crippen molar-refractivity contribution in [3.05, 3.63) is 77.9 Å². The van der Waals surface area contributed by atoms with Gasteiger partial charge >= 0.3 is 0 Å². The van der Waals surface area contributed by atoms with E-state index in [9.17, 15) is 14.4 Å². The molecule has 0 spiro atoms. The zero-order valence-corrected chi connectivity index (χ0v) is 20.5. The summed E-state index contributed by atoms with van der Waals surface area (Å²) >= 11 is 0. The van der Waals surface area contributed by atoms with Gasteiger partial charge in [-0.3, -0.25) is 24.2 Å². The maximum Gasteiger partial charge on any atom is 0.261 e. The Morgan fingerprint density at radius 1 is 0.694 bits per heavy atom. The number of piperazine rings is 1. The summed E-state index contributed by atoms with van der Waals surface area (Å²) in [6.45, 7) is 5.81. The molecule has 0 radical (unpaired) electrons. The molecule has 1 fully saturated rings. The number of anilines is 1. The summed E-state index contributed by atoms with van der Waals surface area (Å²) in [7, 11) is 0. The minimum atomic E-state index is -0.195. The Balaban J connectivity index is 1.03. The molecule has 0 aliphatic carbocycles. The average Bonchev–Trinajstić information content (AvgIpc) is 2.91. The van der Waals surface area contributed by atoms with Crippen LogP contribution in [-0.2, 0) is 4.79 Å². The van der Waals surface area contributed by atoms with Gasteiger partial charge in [-0.2, -0.15) is 0 Å². The van der Waals surface area contributed by atoms with Crippen LogP contribution in [-0.4, -0.2) is 78.2 Å². The van der Waals surface area contributed by atoms with Crippen molar-refractivity contribution in [1.82, 2.24) is 14.7 Å². The van der Waals surface area contributed by atoms with Gasteiger partial charge in [0.2, 0.25) is 5.91 Å². The molecule has 0 saturated carbocycles. The van der Waals surface area contributed by atoms with E-state index in [0.29, 0.717) is 30.6 Å². The third-order valence-electron chi connectivity index (χ3n) is 7.15. The fraction of sp³-hybridized carbons (Fsp3) is 0.345. The van der Waals surface area contributed by atoms with Gasteiger partial charge in [-0.15, -0.1) is 0 Å². The zero-order chi connectivity index (χ0) is 24.9. The lowest BCUT2D eigenvalue weighted by molar-refractivity contribution is -0.116. The van der Waals surface area contributed by atoms with E-state index in [0.717, 1.165) is 62.0 Å². The Kier molecular flexibility index (Phi) is 7.39. The quantitative estimate of drug-likeness (QED) is 0.369. The number of benzene rings is 3. The van der Waals surface area contributed by atoms with Gasteiger partial charge in [0.15, 0.2) is 0 Å². The molecule has 0 unspecified atom stereocenters. The van der Waals surface area contributed by atoms with Crippen molar-refractivity contribution in [3.63, 3.8) is 0 Å². The van der Waals surface area contributed by atoms with E-state index in [2.05, 4.69) is 15.1 Å². The van der Waals surface area contributed by atoms with Crippen molar-refractivity contribution >= 4 is 34.2 Å². The van der Waals surface area contributed by atoms with Gasteiger partial charge in [0.05, 0.1) is 0 Å². The molecule has 5 rings (SSSR count). The fourth-order valence-corrected chi connectivity index (χ4v) is 5.13. The standard InChI is InChI=1S/C29H32N4O3/c34-26(30-23-10-2-1-3-11-23)14-4-5-15-31-16-18-32(19-17-31)20-21-33-28(35)24-12-6-8-22-9-7-13-25(27(22)24)29(33)36/h1-3,6-13H,4-5,14-21H2,(H,30,34). The molecule has 0 bridgehead atoms. The van der Waals surface area contributed by atoms with Crippen LogP contribution in [0.5, 0.6) is 0 Å². The van der Waals surface area contributed by atoms with Crippen molar-refractivity contribution in [1.29, 1.82) is 0 Å². The van der Waals surface area contributed by atoms with Gasteiger partial charge in [0, 0.05) is 67.9 Å². The highest BCUT2D eigenvalue weighted by molar-refractivity contribution is 6.25. The van der Waals surface area contributed by atoms with Crippen LogP contribution in [0.2, 0.25) is 0 Å². The van der Waals surface area contributed by atoms with E-state index in [1.165, 1.54) is 4.90 Å². The maximum absolute atomic E-state index is 13.1. The number of nitrogens with one attached hydrogen (secondary N) is 1. The number of imide groups is 1. The van der Waals surface area contributed by atoms with E-state index in [1.54, 1.807) is 0 Å². The fourth-order valence-electron chi connectivity index (χ4n) is 5.13. The number of amides is 3. The number of carbonyl (C=O) groups excluding carboxylic acids is 3. The van der Waals surface area contributed by atoms with Gasteiger partial charge in [-0.1, -0.05) is 42.5 Å². The topological polar surface area (TPSA) is 73.0 Å². The number of nitrogens with zero attached hydrogens (tertiary/aromatic N) is 3. The van der Waals surface area contributed by atoms with Crippen LogP contribution in [0, 0.1) is 0 Å². The van der Waals surface area contributed by atoms with Gasteiger partial charge in [0.1, 0.15) is 0 Å². The molecule has 2 aliphatic heterocycles. The Morgan fingerprint density at radius 3 is 1.94 bits per heavy atom. The van der Waals surface area contributed by atoms with Crippen molar-refractivity contribution in [2.24, 2.45) is 0 Å². The first-order valence-corrected chi connectivity index (χ1v) is 12.8. The van der Waals surface area contributed by atoms with Crippen molar-refractivity contribution in [3.8, 4) is 0 Å². The highest BCUT2D eigenvalue weighted by Crippen LogP contribution is 2.29. The summed E-state index contributed by atoms with van der Waals surface area (Å²) in [5.41, 5.74) is 2.07. The molecular weight excluding hydrogens is 452 g/mol. The number of para-hydroxylation sites is 1. The first-order valence-electron chi connectivity index (χ1n) is 12.8. The largest absolute Gasteiger partial charge is 0.326 e. The number of carbonyl (C=O) groups is 3. The molecular formula is C29H32N4O3. The van der Waals surface area contributed by atoms with Gasteiger partial charge in [-0.05, 0) is 49.0 Å². The van der Waals surface area contributed by atoms with Gasteiger partial charge < -0.3 is 10.2 Å². The molecule has 7 heteroatoms. The molecule has 3 aromatic carbocycles. The summed E-state index contributed by atoms with van der Waals surface area (Å²) in [6.07, 6.45) is 2.39. The molecule has 1 N–H and O–H groups in total. The normalized spacial score (nSPS) is 16.5. The number of rotatable bonds is 9. The highest BCUT2D eigenvalue weighted by atomic mass is 16.2. The summed E-state index contributed by atoms with van der Waals surface area (Å²) < 4.78 is 0. The van der Waals surface area contributed by atoms with Gasteiger partial charge in [-0.25, -0.2) is 0 Å². The lowest BCUT2D eigenvalue weighted by atomic mass is 9.94. The molecule has 7 nitrogen and oxygen atoms in total. The molecule has 0 aromatic heterocycles. The predicted molar refractivity (Wildman–Crippen MR) is 141 cm³/mol. The second-order valence-electron chi connectivity index (χ2n) is 9.53. The Morgan fingerprint density at radius 2 is 1.31 bits per heavy atom. The monoisotopic (exact) mass is 484 g/mol. The molecule has 2 aliphatic rings. The Labute approximate surface area is 211 Å². The van der Waals surface area contributed by atoms with E-state index >= 15 is 0 Å². The van der Waals surface area contributed by atoms with E-state index < -0.39 is 0 Å².